The fourth-order valence-corrected chi connectivity index (χ4v) is 4.04. The largest absolute Gasteiger partial charge is 0.354 e. The summed E-state index contributed by atoms with van der Waals surface area (Å²) in [5, 5.41) is 8.84. The molecule has 144 valence electrons. The highest BCUT2D eigenvalue weighted by Crippen LogP contribution is 2.33. The van der Waals surface area contributed by atoms with Gasteiger partial charge in [0, 0.05) is 34.4 Å². The van der Waals surface area contributed by atoms with Crippen LogP contribution in [0.5, 0.6) is 0 Å². The minimum Gasteiger partial charge on any atom is -0.354 e. The van der Waals surface area contributed by atoms with E-state index in [4.69, 9.17) is 0 Å². The summed E-state index contributed by atoms with van der Waals surface area (Å²) in [5.74, 6) is -0.203. The van der Waals surface area contributed by atoms with Crippen LogP contribution in [-0.2, 0) is 4.79 Å². The number of nitrogens with zero attached hydrogens (tertiary/aromatic N) is 1. The highest BCUT2D eigenvalue weighted by molar-refractivity contribution is 9.10. The van der Waals surface area contributed by atoms with Crippen molar-refractivity contribution in [1.82, 2.24) is 4.98 Å². The number of carbonyl (C=O) groups is 2. The number of nitrogens with one attached hydrogen (secondary N) is 2. The van der Waals surface area contributed by atoms with Crippen LogP contribution in [0.1, 0.15) is 22.2 Å². The van der Waals surface area contributed by atoms with Crippen molar-refractivity contribution in [2.24, 2.45) is 0 Å². The topological polar surface area (TPSA) is 71.1 Å². The minimum atomic E-state index is -0.125. The van der Waals surface area contributed by atoms with Crippen LogP contribution in [0.15, 0.2) is 70.6 Å². The number of benzene rings is 2. The second-order valence-corrected chi connectivity index (χ2v) is 8.26. The molecule has 1 amide bonds. The summed E-state index contributed by atoms with van der Waals surface area (Å²) < 4.78 is 0.900. The van der Waals surface area contributed by atoms with E-state index in [9.17, 15) is 9.59 Å². The highest BCUT2D eigenvalue weighted by atomic mass is 79.9. The van der Waals surface area contributed by atoms with E-state index in [0.29, 0.717) is 21.8 Å². The van der Waals surface area contributed by atoms with Crippen LogP contribution in [0, 0.1) is 0 Å². The molecule has 0 aliphatic rings. The van der Waals surface area contributed by atoms with Crippen molar-refractivity contribution in [3.8, 4) is 0 Å². The molecule has 0 unspecified atom stereocenters. The number of fused-ring (bicyclic) bond motifs is 1. The predicted molar refractivity (Wildman–Crippen MR) is 121 cm³/mol. The summed E-state index contributed by atoms with van der Waals surface area (Å²) in [7, 11) is 0. The van der Waals surface area contributed by atoms with Gasteiger partial charge in [-0.1, -0.05) is 22.0 Å². The lowest BCUT2D eigenvalue weighted by Crippen LogP contribution is -2.07. The van der Waals surface area contributed by atoms with Crippen molar-refractivity contribution in [2.75, 3.05) is 10.6 Å². The van der Waals surface area contributed by atoms with Crippen LogP contribution in [0.25, 0.3) is 10.9 Å². The van der Waals surface area contributed by atoms with E-state index in [1.165, 1.54) is 18.3 Å². The van der Waals surface area contributed by atoms with Crippen LogP contribution in [0.4, 0.5) is 17.1 Å². The fourth-order valence-electron chi connectivity index (χ4n) is 3.00. The van der Waals surface area contributed by atoms with Crippen molar-refractivity contribution in [1.29, 1.82) is 0 Å². The number of carbonyl (C=O) groups excluding carboxylic acids is 2. The summed E-state index contributed by atoms with van der Waals surface area (Å²) in [5.41, 5.74) is 3.49. The predicted octanol–water partition coefficient (Wildman–Crippen LogP) is 5.99. The van der Waals surface area contributed by atoms with Gasteiger partial charge in [0.2, 0.25) is 11.7 Å². The molecule has 2 aromatic heterocycles. The maximum atomic E-state index is 13.1. The second-order valence-electron chi connectivity index (χ2n) is 6.40. The number of anilines is 3. The van der Waals surface area contributed by atoms with Gasteiger partial charge in [-0.05, 0) is 53.9 Å². The Bertz CT molecular complexity index is 1200. The van der Waals surface area contributed by atoms with Gasteiger partial charge in [-0.2, -0.15) is 0 Å². The summed E-state index contributed by atoms with van der Waals surface area (Å²) in [6.07, 6.45) is 1.62. The quantitative estimate of drug-likeness (QED) is 0.355. The molecule has 0 aliphatic heterocycles. The second kappa shape index (κ2) is 8.14. The molecule has 2 heterocycles. The van der Waals surface area contributed by atoms with Gasteiger partial charge in [0.15, 0.2) is 0 Å². The van der Waals surface area contributed by atoms with E-state index in [1.807, 2.05) is 60.0 Å². The molecular weight excluding hydrogens is 450 g/mol. The van der Waals surface area contributed by atoms with Gasteiger partial charge < -0.3 is 10.6 Å². The monoisotopic (exact) mass is 465 g/mol. The van der Waals surface area contributed by atoms with E-state index in [1.54, 1.807) is 6.20 Å². The fraction of sp³-hybridized carbons (Fsp3) is 0.0455. The molecule has 0 saturated carbocycles. The highest BCUT2D eigenvalue weighted by Gasteiger charge is 2.18. The number of thiophene rings is 1. The number of hydrogen-bond donors (Lipinski definition) is 2. The first-order valence-corrected chi connectivity index (χ1v) is 10.5. The lowest BCUT2D eigenvalue weighted by atomic mass is 10.0. The van der Waals surface area contributed by atoms with Gasteiger partial charge in [0.1, 0.15) is 0 Å². The third kappa shape index (κ3) is 4.21. The third-order valence-electron chi connectivity index (χ3n) is 4.29. The number of aromatic nitrogens is 1. The van der Waals surface area contributed by atoms with Crippen LogP contribution in [0.3, 0.4) is 0 Å². The Morgan fingerprint density at radius 3 is 2.48 bits per heavy atom. The molecule has 0 radical (unpaired) electrons. The lowest BCUT2D eigenvalue weighted by Gasteiger charge is -2.15. The zero-order valence-corrected chi connectivity index (χ0v) is 17.8. The van der Waals surface area contributed by atoms with Crippen molar-refractivity contribution < 1.29 is 9.59 Å². The molecule has 4 rings (SSSR count). The van der Waals surface area contributed by atoms with Gasteiger partial charge in [0.25, 0.3) is 0 Å². The Labute approximate surface area is 179 Å². The first-order chi connectivity index (χ1) is 14.0. The number of pyridine rings is 1. The molecule has 4 aromatic rings. The standard InChI is InChI=1S/C22H16BrN3O2S/c1-13(27)25-15-5-7-16(8-6-15)26-21-17-11-14(23)4-9-19(17)24-12-18(21)22(28)20-3-2-10-29-20/h2-12H,1H3,(H,24,26)(H,25,27). The van der Waals surface area contributed by atoms with Crippen LogP contribution in [0.2, 0.25) is 0 Å². The summed E-state index contributed by atoms with van der Waals surface area (Å²) >= 11 is 4.91. The first kappa shape index (κ1) is 19.3. The van der Waals surface area contributed by atoms with E-state index in [2.05, 4.69) is 31.5 Å². The smallest absolute Gasteiger partial charge is 0.221 e. The Hall–Kier alpha value is -3.03. The summed E-state index contributed by atoms with van der Waals surface area (Å²) in [6, 6.07) is 16.8. The molecule has 0 spiro atoms. The molecule has 2 aromatic carbocycles. The summed E-state index contributed by atoms with van der Waals surface area (Å²) in [4.78, 5) is 29.5. The zero-order valence-electron chi connectivity index (χ0n) is 15.4. The lowest BCUT2D eigenvalue weighted by molar-refractivity contribution is -0.114. The van der Waals surface area contributed by atoms with E-state index < -0.39 is 0 Å². The number of hydrogen-bond acceptors (Lipinski definition) is 5. The molecule has 2 N–H and O–H groups in total. The average Bonchev–Trinajstić information content (AvgIpc) is 3.24. The van der Waals surface area contributed by atoms with Crippen molar-refractivity contribution >= 4 is 66.9 Å². The minimum absolute atomic E-state index is 0.0771. The maximum Gasteiger partial charge on any atom is 0.221 e. The van der Waals surface area contributed by atoms with Crippen LogP contribution in [-0.4, -0.2) is 16.7 Å². The Morgan fingerprint density at radius 2 is 1.79 bits per heavy atom. The van der Waals surface area contributed by atoms with Crippen molar-refractivity contribution in [3.05, 3.63) is 81.1 Å². The maximum absolute atomic E-state index is 13.1. The SMILES string of the molecule is CC(=O)Nc1ccc(Nc2c(C(=O)c3cccs3)cnc3ccc(Br)cc23)cc1. The molecule has 7 heteroatoms. The normalized spacial score (nSPS) is 10.7. The van der Waals surface area contributed by atoms with E-state index in [-0.39, 0.29) is 11.7 Å². The molecule has 0 atom stereocenters. The van der Waals surface area contributed by atoms with E-state index >= 15 is 0 Å². The van der Waals surface area contributed by atoms with Crippen molar-refractivity contribution in [3.63, 3.8) is 0 Å². The summed E-state index contributed by atoms with van der Waals surface area (Å²) in [6.45, 7) is 1.47. The average molecular weight is 466 g/mol. The van der Waals surface area contributed by atoms with Gasteiger partial charge in [0.05, 0.1) is 21.6 Å². The van der Waals surface area contributed by atoms with Gasteiger partial charge in [-0.15, -0.1) is 11.3 Å². The first-order valence-electron chi connectivity index (χ1n) is 8.82. The van der Waals surface area contributed by atoms with E-state index in [0.717, 1.165) is 21.1 Å². The molecule has 0 saturated heterocycles. The van der Waals surface area contributed by atoms with Crippen LogP contribution >= 0.6 is 27.3 Å². The number of halogens is 1. The Balaban J connectivity index is 1.80. The van der Waals surface area contributed by atoms with Crippen molar-refractivity contribution in [2.45, 2.75) is 6.92 Å². The molecule has 0 bridgehead atoms. The van der Waals surface area contributed by atoms with Gasteiger partial charge >= 0.3 is 0 Å². The Kier molecular flexibility index (Phi) is 5.42. The van der Waals surface area contributed by atoms with Crippen LogP contribution < -0.4 is 10.6 Å². The molecule has 0 fully saturated rings. The molecular formula is C22H16BrN3O2S. The molecule has 29 heavy (non-hydrogen) atoms. The number of ketones is 1. The number of amides is 1. The number of rotatable bonds is 5. The van der Waals surface area contributed by atoms with Gasteiger partial charge in [-0.3, -0.25) is 14.6 Å². The third-order valence-corrected chi connectivity index (χ3v) is 5.66. The Morgan fingerprint density at radius 1 is 1.03 bits per heavy atom. The molecule has 5 nitrogen and oxygen atoms in total. The zero-order chi connectivity index (χ0) is 20.4. The molecule has 0 aliphatic carbocycles. The van der Waals surface area contributed by atoms with Gasteiger partial charge in [-0.25, -0.2) is 0 Å².